The van der Waals surface area contributed by atoms with E-state index in [-0.39, 0.29) is 11.2 Å². The Kier molecular flexibility index (Phi) is 2.50. The van der Waals surface area contributed by atoms with E-state index in [4.69, 9.17) is 4.74 Å². The van der Waals surface area contributed by atoms with Crippen LogP contribution in [-0.4, -0.2) is 24.3 Å². The zero-order chi connectivity index (χ0) is 13.3. The van der Waals surface area contributed by atoms with Crippen LogP contribution >= 0.6 is 0 Å². The van der Waals surface area contributed by atoms with Gasteiger partial charge in [0.25, 0.3) is 0 Å². The number of morpholine rings is 1. The van der Waals surface area contributed by atoms with Crippen molar-refractivity contribution in [3.63, 3.8) is 0 Å². The Morgan fingerprint density at radius 3 is 1.84 bits per heavy atom. The molecule has 19 heavy (non-hydrogen) atoms. The first-order valence-corrected chi connectivity index (χ1v) is 8.31. The predicted octanol–water partition coefficient (Wildman–Crippen LogP) is 3.36. The lowest BCUT2D eigenvalue weighted by Gasteiger charge is -2.64. The second-order valence-corrected chi connectivity index (χ2v) is 8.89. The standard InChI is InChI=1S/C17H29NO/c1-15(2)10-18-11-16(3,19-15)17-7-12-4-13(8-17)6-14(5-12)9-17/h12-14,18H,4-11H2,1-3H3. The number of nitrogens with one attached hydrogen (secondary N) is 1. The lowest BCUT2D eigenvalue weighted by molar-refractivity contribution is -0.249. The normalized spacial score (nSPS) is 55.4. The molecule has 1 N–H and O–H groups in total. The van der Waals surface area contributed by atoms with Crippen molar-refractivity contribution in [1.82, 2.24) is 5.32 Å². The van der Waals surface area contributed by atoms with Gasteiger partial charge in [0.15, 0.2) is 0 Å². The zero-order valence-corrected chi connectivity index (χ0v) is 12.8. The van der Waals surface area contributed by atoms with Crippen LogP contribution < -0.4 is 5.32 Å². The van der Waals surface area contributed by atoms with Gasteiger partial charge in [-0.3, -0.25) is 0 Å². The summed E-state index contributed by atoms with van der Waals surface area (Å²) >= 11 is 0. The Hall–Kier alpha value is -0.0800. The van der Waals surface area contributed by atoms with Gasteiger partial charge < -0.3 is 10.1 Å². The van der Waals surface area contributed by atoms with Gasteiger partial charge in [0.2, 0.25) is 0 Å². The quantitative estimate of drug-likeness (QED) is 0.783. The van der Waals surface area contributed by atoms with Gasteiger partial charge in [0, 0.05) is 18.5 Å². The topological polar surface area (TPSA) is 21.3 Å². The Morgan fingerprint density at radius 1 is 0.842 bits per heavy atom. The third-order valence-corrected chi connectivity index (χ3v) is 6.67. The summed E-state index contributed by atoms with van der Waals surface area (Å²) in [6.07, 6.45) is 8.87. The highest BCUT2D eigenvalue weighted by Crippen LogP contribution is 2.64. The molecule has 4 bridgehead atoms. The van der Waals surface area contributed by atoms with E-state index in [9.17, 15) is 0 Å². The number of hydrogen-bond donors (Lipinski definition) is 1. The summed E-state index contributed by atoms with van der Waals surface area (Å²) in [5, 5.41) is 3.67. The summed E-state index contributed by atoms with van der Waals surface area (Å²) in [5.41, 5.74) is 0.535. The minimum absolute atomic E-state index is 0.00364. The van der Waals surface area contributed by atoms with E-state index in [0.29, 0.717) is 5.41 Å². The predicted molar refractivity (Wildman–Crippen MR) is 77.0 cm³/mol. The molecule has 1 saturated heterocycles. The maximum absolute atomic E-state index is 6.68. The molecular formula is C17H29NO. The molecule has 2 heteroatoms. The van der Waals surface area contributed by atoms with Crippen LogP contribution in [0.2, 0.25) is 0 Å². The number of hydrogen-bond acceptors (Lipinski definition) is 2. The highest BCUT2D eigenvalue weighted by molar-refractivity contribution is 5.11. The van der Waals surface area contributed by atoms with Crippen molar-refractivity contribution < 1.29 is 4.74 Å². The van der Waals surface area contributed by atoms with Crippen molar-refractivity contribution in [2.75, 3.05) is 13.1 Å². The Labute approximate surface area is 117 Å². The minimum Gasteiger partial charge on any atom is -0.366 e. The fraction of sp³-hybridized carbons (Fsp3) is 1.00. The first kappa shape index (κ1) is 12.6. The molecule has 0 spiro atoms. The van der Waals surface area contributed by atoms with Crippen molar-refractivity contribution >= 4 is 0 Å². The van der Waals surface area contributed by atoms with Gasteiger partial charge in [0.1, 0.15) is 0 Å². The van der Waals surface area contributed by atoms with Gasteiger partial charge in [-0.15, -0.1) is 0 Å². The van der Waals surface area contributed by atoms with Crippen molar-refractivity contribution in [2.24, 2.45) is 23.2 Å². The van der Waals surface area contributed by atoms with Crippen LogP contribution in [0.4, 0.5) is 0 Å². The third kappa shape index (κ3) is 1.82. The van der Waals surface area contributed by atoms with E-state index in [0.717, 1.165) is 30.8 Å². The zero-order valence-electron chi connectivity index (χ0n) is 12.8. The molecule has 1 aliphatic heterocycles. The lowest BCUT2D eigenvalue weighted by Crippen LogP contribution is -2.67. The van der Waals surface area contributed by atoms with Crippen molar-refractivity contribution in [3.05, 3.63) is 0 Å². The van der Waals surface area contributed by atoms with Gasteiger partial charge >= 0.3 is 0 Å². The fourth-order valence-electron chi connectivity index (χ4n) is 6.34. The van der Waals surface area contributed by atoms with E-state index in [2.05, 4.69) is 26.1 Å². The van der Waals surface area contributed by atoms with Crippen LogP contribution in [0.25, 0.3) is 0 Å². The molecular weight excluding hydrogens is 234 g/mol. The summed E-state index contributed by atoms with van der Waals surface area (Å²) in [6, 6.07) is 0. The van der Waals surface area contributed by atoms with Gasteiger partial charge in [-0.2, -0.15) is 0 Å². The summed E-state index contributed by atoms with van der Waals surface area (Å²) in [6.45, 7) is 8.96. The monoisotopic (exact) mass is 263 g/mol. The maximum atomic E-state index is 6.68. The highest BCUT2D eigenvalue weighted by Gasteiger charge is 2.60. The van der Waals surface area contributed by atoms with Gasteiger partial charge in [-0.05, 0) is 77.0 Å². The molecule has 0 radical (unpaired) electrons. The van der Waals surface area contributed by atoms with E-state index in [1.165, 1.54) is 38.5 Å². The molecule has 4 saturated carbocycles. The smallest absolute Gasteiger partial charge is 0.0842 e. The number of ether oxygens (including phenoxy) is 1. The third-order valence-electron chi connectivity index (χ3n) is 6.67. The summed E-state index contributed by atoms with van der Waals surface area (Å²) < 4.78 is 6.68. The highest BCUT2D eigenvalue weighted by atomic mass is 16.5. The van der Waals surface area contributed by atoms with Crippen LogP contribution in [0.5, 0.6) is 0 Å². The minimum atomic E-state index is -0.00364. The van der Waals surface area contributed by atoms with E-state index in [1.807, 2.05) is 0 Å². The molecule has 5 fully saturated rings. The number of rotatable bonds is 1. The molecule has 5 aliphatic rings. The van der Waals surface area contributed by atoms with E-state index in [1.54, 1.807) is 0 Å². The van der Waals surface area contributed by atoms with E-state index >= 15 is 0 Å². The largest absolute Gasteiger partial charge is 0.366 e. The average molecular weight is 263 g/mol. The SMILES string of the molecule is CC1(C)CNCC(C)(C23CC4CC(CC(C4)C2)C3)O1. The molecule has 4 aliphatic carbocycles. The average Bonchev–Trinajstić information content (AvgIpc) is 2.24. The first-order chi connectivity index (χ1) is 8.90. The molecule has 0 amide bonds. The van der Waals surface area contributed by atoms with Crippen LogP contribution in [0.3, 0.4) is 0 Å². The maximum Gasteiger partial charge on any atom is 0.0842 e. The molecule has 1 atom stereocenters. The Balaban J connectivity index is 1.67. The molecule has 5 rings (SSSR count). The van der Waals surface area contributed by atoms with Crippen LogP contribution in [0.1, 0.15) is 59.3 Å². The van der Waals surface area contributed by atoms with Crippen molar-refractivity contribution in [3.8, 4) is 0 Å². The molecule has 0 aromatic heterocycles. The molecule has 2 nitrogen and oxygen atoms in total. The van der Waals surface area contributed by atoms with Crippen LogP contribution in [0, 0.1) is 23.2 Å². The summed E-state index contributed by atoms with van der Waals surface area (Å²) in [7, 11) is 0. The van der Waals surface area contributed by atoms with Crippen molar-refractivity contribution in [1.29, 1.82) is 0 Å². The van der Waals surface area contributed by atoms with Gasteiger partial charge in [0.05, 0.1) is 11.2 Å². The summed E-state index contributed by atoms with van der Waals surface area (Å²) in [5.74, 6) is 3.03. The van der Waals surface area contributed by atoms with E-state index < -0.39 is 0 Å². The summed E-state index contributed by atoms with van der Waals surface area (Å²) in [4.78, 5) is 0. The van der Waals surface area contributed by atoms with Gasteiger partial charge in [-0.25, -0.2) is 0 Å². The van der Waals surface area contributed by atoms with Crippen LogP contribution in [-0.2, 0) is 4.74 Å². The molecule has 0 aromatic carbocycles. The Bertz CT molecular complexity index is 353. The molecule has 1 heterocycles. The lowest BCUT2D eigenvalue weighted by atomic mass is 9.45. The second-order valence-electron chi connectivity index (χ2n) is 8.89. The first-order valence-electron chi connectivity index (χ1n) is 8.31. The molecule has 1 unspecified atom stereocenters. The fourth-order valence-corrected chi connectivity index (χ4v) is 6.34. The molecule has 108 valence electrons. The van der Waals surface area contributed by atoms with Gasteiger partial charge in [-0.1, -0.05) is 0 Å². The molecule has 0 aromatic rings. The van der Waals surface area contributed by atoms with Crippen molar-refractivity contribution in [2.45, 2.75) is 70.5 Å². The van der Waals surface area contributed by atoms with Crippen LogP contribution in [0.15, 0.2) is 0 Å². The second kappa shape index (κ2) is 3.76. The Morgan fingerprint density at radius 2 is 1.37 bits per heavy atom.